The van der Waals surface area contributed by atoms with E-state index in [1.54, 1.807) is 42.6 Å². The van der Waals surface area contributed by atoms with Crippen molar-refractivity contribution in [3.05, 3.63) is 71.8 Å². The lowest BCUT2D eigenvalue weighted by molar-refractivity contribution is -0.695. The van der Waals surface area contributed by atoms with Crippen LogP contribution in [0.4, 0.5) is 0 Å². The highest BCUT2D eigenvalue weighted by Gasteiger charge is 2.45. The molecule has 2 aliphatic rings. The van der Waals surface area contributed by atoms with Gasteiger partial charge in [0.1, 0.15) is 37.1 Å². The number of nitrogens with zero attached hydrogens (tertiary/aromatic N) is 2. The van der Waals surface area contributed by atoms with Crippen molar-refractivity contribution in [3.63, 3.8) is 0 Å². The van der Waals surface area contributed by atoms with Crippen LogP contribution in [0.3, 0.4) is 0 Å². The van der Waals surface area contributed by atoms with E-state index in [1.165, 1.54) is 19.1 Å². The van der Waals surface area contributed by atoms with Crippen LogP contribution >= 0.6 is 0 Å². The quantitative estimate of drug-likeness (QED) is 0.213. The van der Waals surface area contributed by atoms with Crippen LogP contribution in [0.15, 0.2) is 60.7 Å². The van der Waals surface area contributed by atoms with E-state index in [1.807, 2.05) is 17.1 Å². The van der Waals surface area contributed by atoms with E-state index in [0.717, 1.165) is 0 Å². The first kappa shape index (κ1) is 24.2. The van der Waals surface area contributed by atoms with E-state index in [4.69, 9.17) is 18.9 Å². The van der Waals surface area contributed by atoms with Gasteiger partial charge in [0.2, 0.25) is 12.1 Å². The van der Waals surface area contributed by atoms with Crippen molar-refractivity contribution < 1.29 is 38.2 Å². The third-order valence-electron chi connectivity index (χ3n) is 6.48. The average Bonchev–Trinajstić information content (AvgIpc) is 3.54. The largest absolute Gasteiger partial charge is 0.872 e. The zero-order chi connectivity index (χ0) is 25.9. The summed E-state index contributed by atoms with van der Waals surface area (Å²) in [5.74, 6) is -0.212. The molecule has 3 aromatic rings. The van der Waals surface area contributed by atoms with Gasteiger partial charge < -0.3 is 29.0 Å². The molecule has 0 radical (unpaired) electrons. The number of ketones is 1. The molecular formula is C27H27N3O7. The van der Waals surface area contributed by atoms with Crippen molar-refractivity contribution in [3.8, 4) is 23.0 Å². The highest BCUT2D eigenvalue weighted by molar-refractivity contribution is 6.46. The van der Waals surface area contributed by atoms with E-state index in [9.17, 15) is 14.7 Å². The summed E-state index contributed by atoms with van der Waals surface area (Å²) < 4.78 is 24.1. The number of imidazole rings is 1. The molecular weight excluding hydrogens is 478 g/mol. The fraction of sp³-hybridized carbons (Fsp3) is 0.296. The smallest absolute Gasteiger partial charge is 0.295 e. The number of methoxy groups -OCH3 is 2. The molecule has 1 unspecified atom stereocenters. The Hall–Kier alpha value is -4.47. The van der Waals surface area contributed by atoms with Crippen LogP contribution in [0.1, 0.15) is 23.6 Å². The molecule has 10 heteroatoms. The van der Waals surface area contributed by atoms with Gasteiger partial charge in [0.05, 0.1) is 26.8 Å². The monoisotopic (exact) mass is 505 g/mol. The van der Waals surface area contributed by atoms with Gasteiger partial charge in [-0.3, -0.25) is 14.6 Å². The normalized spacial score (nSPS) is 18.2. The molecule has 0 saturated carbocycles. The summed E-state index contributed by atoms with van der Waals surface area (Å²) in [5, 5.41) is 13.8. The highest BCUT2D eigenvalue weighted by Crippen LogP contribution is 2.44. The first-order valence-electron chi connectivity index (χ1n) is 11.9. The molecule has 2 aromatic carbocycles. The summed E-state index contributed by atoms with van der Waals surface area (Å²) in [6.45, 7) is 1.65. The Kier molecular flexibility index (Phi) is 6.72. The average molecular weight is 506 g/mol. The number of benzene rings is 2. The SMILES string of the molecule is COc1ccc(OC)c(C2C(=C([O-])c3ccc4c(c3)OCCO4)C(=O)C(=O)N2CCC[n+]2cc[nH]c2)c1. The second-order valence-corrected chi connectivity index (χ2v) is 8.64. The van der Waals surface area contributed by atoms with E-state index in [-0.39, 0.29) is 17.7 Å². The summed E-state index contributed by atoms with van der Waals surface area (Å²) in [5.41, 5.74) is 0.593. The Morgan fingerprint density at radius 1 is 1.11 bits per heavy atom. The minimum absolute atomic E-state index is 0.137. The molecule has 1 aromatic heterocycles. The Balaban J connectivity index is 1.60. The number of aryl methyl sites for hydroxylation is 1. The number of amides is 1. The minimum Gasteiger partial charge on any atom is -0.872 e. The number of aromatic nitrogens is 2. The fourth-order valence-electron chi connectivity index (χ4n) is 4.70. The van der Waals surface area contributed by atoms with Crippen LogP contribution in [0.5, 0.6) is 23.0 Å². The molecule has 10 nitrogen and oxygen atoms in total. The van der Waals surface area contributed by atoms with E-state index >= 15 is 0 Å². The first-order valence-corrected chi connectivity index (χ1v) is 11.9. The lowest BCUT2D eigenvalue weighted by Crippen LogP contribution is -2.36. The Labute approximate surface area is 213 Å². The summed E-state index contributed by atoms with van der Waals surface area (Å²) >= 11 is 0. The number of hydrogen-bond acceptors (Lipinski definition) is 7. The molecule has 5 rings (SSSR count). The van der Waals surface area contributed by atoms with Gasteiger partial charge in [0.15, 0.2) is 11.5 Å². The highest BCUT2D eigenvalue weighted by atomic mass is 16.6. The van der Waals surface area contributed by atoms with Crippen molar-refractivity contribution in [1.82, 2.24) is 9.88 Å². The standard InChI is InChI=1S/C27H27N3O7/c1-34-18-5-7-20(35-2)19(15-18)24-23(25(31)17-4-6-21-22(14-17)37-13-12-36-21)26(32)27(33)30(24)10-3-9-29-11-8-28-16-29/h4-8,11,14-16,24H,3,9-10,12-13H2,1-2H3,(H,31,32). The summed E-state index contributed by atoms with van der Waals surface area (Å²) in [6, 6.07) is 8.93. The predicted octanol–water partition coefficient (Wildman–Crippen LogP) is 1.40. The zero-order valence-electron chi connectivity index (χ0n) is 20.6. The molecule has 0 bridgehead atoms. The number of fused-ring (bicyclic) bond motifs is 1. The Morgan fingerprint density at radius 3 is 2.65 bits per heavy atom. The van der Waals surface area contributed by atoms with Crippen molar-refractivity contribution in [2.45, 2.75) is 19.0 Å². The summed E-state index contributed by atoms with van der Waals surface area (Å²) in [4.78, 5) is 31.1. The molecule has 2 aliphatic heterocycles. The van der Waals surface area contributed by atoms with Gasteiger partial charge in [0.25, 0.3) is 5.91 Å². The first-order chi connectivity index (χ1) is 18.0. The summed E-state index contributed by atoms with van der Waals surface area (Å²) in [6.07, 6.45) is 6.05. The molecule has 1 saturated heterocycles. The molecule has 0 spiro atoms. The molecule has 3 heterocycles. The van der Waals surface area contributed by atoms with Crippen LogP contribution in [-0.2, 0) is 16.1 Å². The van der Waals surface area contributed by atoms with Gasteiger partial charge in [-0.05, 0) is 35.9 Å². The van der Waals surface area contributed by atoms with E-state index < -0.39 is 23.5 Å². The predicted molar refractivity (Wildman–Crippen MR) is 129 cm³/mol. The van der Waals surface area contributed by atoms with Crippen LogP contribution < -0.4 is 28.6 Å². The van der Waals surface area contributed by atoms with Gasteiger partial charge in [-0.1, -0.05) is 11.8 Å². The van der Waals surface area contributed by atoms with Gasteiger partial charge >= 0.3 is 0 Å². The van der Waals surface area contributed by atoms with Gasteiger partial charge in [-0.15, -0.1) is 0 Å². The zero-order valence-corrected chi connectivity index (χ0v) is 20.6. The van der Waals surface area contributed by atoms with Gasteiger partial charge in [-0.2, -0.15) is 0 Å². The number of H-pyrrole nitrogens is 1. The maximum Gasteiger partial charge on any atom is 0.295 e. The van der Waals surface area contributed by atoms with Crippen LogP contribution in [0, 0.1) is 0 Å². The number of aromatic amines is 1. The molecule has 37 heavy (non-hydrogen) atoms. The maximum atomic E-state index is 13.8. The lowest BCUT2D eigenvalue weighted by atomic mass is 9.94. The molecule has 1 atom stereocenters. The van der Waals surface area contributed by atoms with E-state index in [0.29, 0.717) is 54.7 Å². The lowest BCUT2D eigenvalue weighted by Gasteiger charge is -2.29. The van der Waals surface area contributed by atoms with Crippen LogP contribution in [-0.4, -0.2) is 55.6 Å². The number of hydrogen-bond donors (Lipinski definition) is 1. The number of carbonyl (C=O) groups excluding carboxylic acids is 2. The fourth-order valence-corrected chi connectivity index (χ4v) is 4.70. The number of ether oxygens (including phenoxy) is 4. The van der Waals surface area contributed by atoms with Crippen LogP contribution in [0.2, 0.25) is 0 Å². The molecule has 1 amide bonds. The number of Topliss-reactive ketones (excluding diaryl/α,β-unsaturated/α-hetero) is 1. The van der Waals surface area contributed by atoms with Gasteiger partial charge in [0, 0.05) is 24.1 Å². The Morgan fingerprint density at radius 2 is 1.92 bits per heavy atom. The topological polar surface area (TPSA) is 117 Å². The number of nitrogens with one attached hydrogen (secondary N) is 1. The number of likely N-dealkylation sites (tertiary alicyclic amines) is 1. The van der Waals surface area contributed by atoms with Crippen molar-refractivity contribution >= 4 is 17.4 Å². The van der Waals surface area contributed by atoms with Crippen molar-refractivity contribution in [2.24, 2.45) is 0 Å². The molecule has 1 N–H and O–H groups in total. The second kappa shape index (κ2) is 10.3. The Bertz CT molecular complexity index is 1350. The number of carbonyl (C=O) groups is 2. The number of rotatable bonds is 8. The van der Waals surface area contributed by atoms with Crippen LogP contribution in [0.25, 0.3) is 5.76 Å². The van der Waals surface area contributed by atoms with Gasteiger partial charge in [-0.25, -0.2) is 4.57 Å². The van der Waals surface area contributed by atoms with Crippen molar-refractivity contribution in [2.75, 3.05) is 34.0 Å². The van der Waals surface area contributed by atoms with Crippen molar-refractivity contribution in [1.29, 1.82) is 0 Å². The summed E-state index contributed by atoms with van der Waals surface area (Å²) in [7, 11) is 3.02. The molecule has 0 aliphatic carbocycles. The minimum atomic E-state index is -0.943. The molecule has 1 fully saturated rings. The van der Waals surface area contributed by atoms with E-state index in [2.05, 4.69) is 4.98 Å². The maximum absolute atomic E-state index is 13.8. The second-order valence-electron chi connectivity index (χ2n) is 8.64. The third-order valence-corrected chi connectivity index (χ3v) is 6.48. The third kappa shape index (κ3) is 4.57. The molecule has 192 valence electrons.